The van der Waals surface area contributed by atoms with Gasteiger partial charge in [0.05, 0.1) is 4.90 Å². The number of nitrogens with zero attached hydrogens (tertiary/aromatic N) is 3. The van der Waals surface area contributed by atoms with Crippen LogP contribution >= 0.6 is 0 Å². The quantitative estimate of drug-likeness (QED) is 0.563. The molecule has 1 aromatic heterocycles. The molecule has 1 saturated heterocycles. The summed E-state index contributed by atoms with van der Waals surface area (Å²) in [6, 6.07) is 17.9. The number of aromatic nitrogens is 1. The lowest BCUT2D eigenvalue weighted by atomic mass is 10.1. The molecule has 0 aliphatic carbocycles. The van der Waals surface area contributed by atoms with E-state index in [1.165, 1.54) is 22.0 Å². The van der Waals surface area contributed by atoms with Crippen LogP contribution in [-0.4, -0.2) is 49.4 Å². The van der Waals surface area contributed by atoms with Gasteiger partial charge >= 0.3 is 6.03 Å². The van der Waals surface area contributed by atoms with Crippen LogP contribution in [0.2, 0.25) is 0 Å². The molecule has 0 radical (unpaired) electrons. The molecule has 1 aliphatic rings. The molecule has 1 aliphatic heterocycles. The molecule has 2 N–H and O–H groups in total. The lowest BCUT2D eigenvalue weighted by molar-refractivity contribution is 0.251. The van der Waals surface area contributed by atoms with Crippen LogP contribution in [0, 0.1) is 6.92 Å². The molecular weight excluding hydrogens is 450 g/mol. The first-order valence-corrected chi connectivity index (χ1v) is 12.6. The van der Waals surface area contributed by atoms with Crippen molar-refractivity contribution in [2.24, 2.45) is 0 Å². The average molecular weight is 480 g/mol. The minimum absolute atomic E-state index is 0.0507. The first-order chi connectivity index (χ1) is 16.3. The standard InChI is InChI=1S/C25H29N5O3S/c1-19-5-3-7-23(15-19)30-14-13-29(18-20(30)2)34(32,33)24-10-8-22(9-11-24)28-25(31)27-17-21-6-4-12-26-16-21/h3-12,15-16,20H,13-14,17-18H2,1-2H3,(H2,27,28,31)/t20-/m0/s1. The van der Waals surface area contributed by atoms with Gasteiger partial charge in [-0.25, -0.2) is 13.2 Å². The van der Waals surface area contributed by atoms with Gasteiger partial charge in [-0.1, -0.05) is 18.2 Å². The molecule has 2 aromatic carbocycles. The maximum atomic E-state index is 13.2. The molecule has 34 heavy (non-hydrogen) atoms. The fourth-order valence-electron chi connectivity index (χ4n) is 4.05. The maximum Gasteiger partial charge on any atom is 0.319 e. The van der Waals surface area contributed by atoms with Crippen molar-refractivity contribution in [2.45, 2.75) is 31.3 Å². The maximum absolute atomic E-state index is 13.2. The van der Waals surface area contributed by atoms with E-state index in [1.807, 2.05) is 19.1 Å². The molecule has 1 atom stereocenters. The number of benzene rings is 2. The van der Waals surface area contributed by atoms with Gasteiger partial charge in [-0.2, -0.15) is 4.31 Å². The second-order valence-electron chi connectivity index (χ2n) is 8.44. The first kappa shape index (κ1) is 23.7. The molecule has 0 saturated carbocycles. The van der Waals surface area contributed by atoms with Crippen molar-refractivity contribution < 1.29 is 13.2 Å². The summed E-state index contributed by atoms with van der Waals surface area (Å²) in [5.74, 6) is 0. The van der Waals surface area contributed by atoms with E-state index in [4.69, 9.17) is 0 Å². The smallest absolute Gasteiger partial charge is 0.319 e. The number of hydrogen-bond donors (Lipinski definition) is 2. The monoisotopic (exact) mass is 479 g/mol. The summed E-state index contributed by atoms with van der Waals surface area (Å²) >= 11 is 0. The van der Waals surface area contributed by atoms with Crippen LogP contribution in [0.4, 0.5) is 16.2 Å². The highest BCUT2D eigenvalue weighted by atomic mass is 32.2. The van der Waals surface area contributed by atoms with Crippen LogP contribution in [0.3, 0.4) is 0 Å². The van der Waals surface area contributed by atoms with Crippen LogP contribution in [-0.2, 0) is 16.6 Å². The number of pyridine rings is 1. The van der Waals surface area contributed by atoms with E-state index in [0.717, 1.165) is 11.3 Å². The van der Waals surface area contributed by atoms with Crippen LogP contribution < -0.4 is 15.5 Å². The van der Waals surface area contributed by atoms with E-state index in [1.54, 1.807) is 30.6 Å². The second-order valence-corrected chi connectivity index (χ2v) is 10.4. The van der Waals surface area contributed by atoms with Gasteiger partial charge in [-0.05, 0) is 67.4 Å². The summed E-state index contributed by atoms with van der Waals surface area (Å²) in [6.45, 7) is 5.89. The van der Waals surface area contributed by atoms with Gasteiger partial charge in [0.1, 0.15) is 0 Å². The number of piperazine rings is 1. The van der Waals surface area contributed by atoms with Gasteiger partial charge in [0.15, 0.2) is 0 Å². The predicted octanol–water partition coefficient (Wildman–Crippen LogP) is 3.61. The molecular formula is C25H29N5O3S. The van der Waals surface area contributed by atoms with Crippen molar-refractivity contribution >= 4 is 27.4 Å². The van der Waals surface area contributed by atoms with E-state index in [0.29, 0.717) is 31.9 Å². The average Bonchev–Trinajstić information content (AvgIpc) is 2.83. The van der Waals surface area contributed by atoms with E-state index < -0.39 is 10.0 Å². The summed E-state index contributed by atoms with van der Waals surface area (Å²) < 4.78 is 28.0. The molecule has 2 heterocycles. The van der Waals surface area contributed by atoms with Crippen LogP contribution in [0.15, 0.2) is 78.0 Å². The van der Waals surface area contributed by atoms with Crippen molar-refractivity contribution in [3.63, 3.8) is 0 Å². The highest BCUT2D eigenvalue weighted by Gasteiger charge is 2.32. The summed E-state index contributed by atoms with van der Waals surface area (Å²) in [5.41, 5.74) is 3.69. The third-order valence-corrected chi connectivity index (χ3v) is 7.73. The van der Waals surface area contributed by atoms with Crippen LogP contribution in [0.25, 0.3) is 0 Å². The minimum atomic E-state index is -3.63. The van der Waals surface area contributed by atoms with Crippen LogP contribution in [0.5, 0.6) is 0 Å². The molecule has 178 valence electrons. The van der Waals surface area contributed by atoms with E-state index in [2.05, 4.69) is 45.6 Å². The topological polar surface area (TPSA) is 94.6 Å². The molecule has 9 heteroatoms. The zero-order valence-corrected chi connectivity index (χ0v) is 20.1. The van der Waals surface area contributed by atoms with Gasteiger partial charge in [0, 0.05) is 56.0 Å². The number of hydrogen-bond acceptors (Lipinski definition) is 5. The fourth-order valence-corrected chi connectivity index (χ4v) is 5.56. The molecule has 0 bridgehead atoms. The number of urea groups is 1. The molecule has 2 amide bonds. The number of amides is 2. The van der Waals surface area contributed by atoms with Crippen molar-refractivity contribution in [3.05, 3.63) is 84.2 Å². The molecule has 1 fully saturated rings. The lowest BCUT2D eigenvalue weighted by Crippen LogP contribution is -2.53. The molecule has 3 aromatic rings. The Kier molecular flexibility index (Phi) is 7.14. The number of rotatable bonds is 6. The Morgan fingerprint density at radius 1 is 1.09 bits per heavy atom. The summed E-state index contributed by atoms with van der Waals surface area (Å²) in [6.07, 6.45) is 3.35. The third kappa shape index (κ3) is 5.55. The largest absolute Gasteiger partial charge is 0.366 e. The van der Waals surface area contributed by atoms with E-state index in [-0.39, 0.29) is 17.0 Å². The predicted molar refractivity (Wildman–Crippen MR) is 133 cm³/mol. The Bertz CT molecular complexity index is 1230. The van der Waals surface area contributed by atoms with E-state index >= 15 is 0 Å². The second kappa shape index (κ2) is 10.2. The van der Waals surface area contributed by atoms with Gasteiger partial charge in [-0.3, -0.25) is 4.98 Å². The normalized spacial score (nSPS) is 16.8. The SMILES string of the molecule is Cc1cccc(N2CCN(S(=O)(=O)c3ccc(NC(=O)NCc4cccnc4)cc3)C[C@@H]2C)c1. The summed E-state index contributed by atoms with van der Waals surface area (Å²) in [4.78, 5) is 18.6. The van der Waals surface area contributed by atoms with Gasteiger partial charge < -0.3 is 15.5 Å². The number of aryl methyl sites for hydroxylation is 1. The Morgan fingerprint density at radius 3 is 2.56 bits per heavy atom. The summed E-state index contributed by atoms with van der Waals surface area (Å²) in [7, 11) is -3.63. The lowest BCUT2D eigenvalue weighted by Gasteiger charge is -2.40. The Morgan fingerprint density at radius 2 is 1.88 bits per heavy atom. The van der Waals surface area contributed by atoms with Crippen molar-refractivity contribution in [2.75, 3.05) is 29.9 Å². The number of carbonyl (C=O) groups is 1. The summed E-state index contributed by atoms with van der Waals surface area (Å²) in [5, 5.41) is 5.47. The number of sulfonamides is 1. The fraction of sp³-hybridized carbons (Fsp3) is 0.280. The van der Waals surface area contributed by atoms with E-state index in [9.17, 15) is 13.2 Å². The van der Waals surface area contributed by atoms with Crippen molar-refractivity contribution in [3.8, 4) is 0 Å². The first-order valence-electron chi connectivity index (χ1n) is 11.2. The Balaban J connectivity index is 1.36. The number of anilines is 2. The van der Waals surface area contributed by atoms with Crippen LogP contribution in [0.1, 0.15) is 18.1 Å². The zero-order chi connectivity index (χ0) is 24.1. The molecule has 8 nitrogen and oxygen atoms in total. The Hall–Kier alpha value is -3.43. The van der Waals surface area contributed by atoms with Crippen molar-refractivity contribution in [1.82, 2.24) is 14.6 Å². The molecule has 0 unspecified atom stereocenters. The number of carbonyl (C=O) groups excluding carboxylic acids is 1. The van der Waals surface area contributed by atoms with Gasteiger partial charge in [0.2, 0.25) is 10.0 Å². The van der Waals surface area contributed by atoms with Gasteiger partial charge in [0.25, 0.3) is 0 Å². The highest BCUT2D eigenvalue weighted by Crippen LogP contribution is 2.25. The molecule has 4 rings (SSSR count). The minimum Gasteiger partial charge on any atom is -0.366 e. The van der Waals surface area contributed by atoms with Gasteiger partial charge in [-0.15, -0.1) is 0 Å². The third-order valence-electron chi connectivity index (χ3n) is 5.85. The highest BCUT2D eigenvalue weighted by molar-refractivity contribution is 7.89. The molecule has 0 spiro atoms. The van der Waals surface area contributed by atoms with Crippen molar-refractivity contribution in [1.29, 1.82) is 0 Å². The Labute approximate surface area is 200 Å². The zero-order valence-electron chi connectivity index (χ0n) is 19.3. The number of nitrogens with one attached hydrogen (secondary N) is 2.